The van der Waals surface area contributed by atoms with Crippen molar-refractivity contribution >= 4 is 16.0 Å². The molecule has 1 saturated heterocycles. The Morgan fingerprint density at radius 1 is 0.980 bits per heavy atom. The summed E-state index contributed by atoms with van der Waals surface area (Å²) >= 11 is 0. The summed E-state index contributed by atoms with van der Waals surface area (Å²) in [6, 6.07) is 0. The topological polar surface area (TPSA) is 226 Å². The summed E-state index contributed by atoms with van der Waals surface area (Å²) in [5, 5.41) is 68.9. The van der Waals surface area contributed by atoms with Gasteiger partial charge in [0.25, 0.3) is 0 Å². The molecule has 7 N–H and O–H groups in total. The van der Waals surface area contributed by atoms with Gasteiger partial charge >= 0.3 is 0 Å². The lowest BCUT2D eigenvalue weighted by atomic mass is 9.42. The van der Waals surface area contributed by atoms with E-state index in [1.54, 1.807) is 6.92 Å². The Kier molecular flexibility index (Phi) is 11.4. The molecule has 14 heteroatoms. The molecule has 0 radical (unpaired) electrons. The lowest BCUT2D eigenvalue weighted by Gasteiger charge is -2.66. The molecule has 17 atom stereocenters. The normalized spacial score (nSPS) is 47.5. The first-order chi connectivity index (χ1) is 22.7. The van der Waals surface area contributed by atoms with Crippen LogP contribution in [0.15, 0.2) is 12.2 Å². The van der Waals surface area contributed by atoms with Crippen LogP contribution in [0.4, 0.5) is 0 Å². The minimum atomic E-state index is -4.41. The van der Waals surface area contributed by atoms with Gasteiger partial charge in [-0.05, 0) is 78.9 Å². The molecule has 0 aromatic rings. The van der Waals surface area contributed by atoms with Gasteiger partial charge in [-0.25, -0.2) is 8.42 Å². The van der Waals surface area contributed by atoms with Gasteiger partial charge in [-0.1, -0.05) is 46.8 Å². The highest BCUT2D eigenvalue weighted by molar-refractivity contribution is 7.85. The van der Waals surface area contributed by atoms with E-state index in [2.05, 4.69) is 32.2 Å². The van der Waals surface area contributed by atoms with Crippen molar-refractivity contribution in [2.45, 2.75) is 128 Å². The minimum Gasteiger partial charge on any atom is -0.748 e. The number of ether oxygens (including phenoxy) is 2. The monoisotopic (exact) mass is 716 g/mol. The van der Waals surface area contributed by atoms with Crippen LogP contribution in [0.25, 0.3) is 0 Å². The molecule has 5 fully saturated rings. The van der Waals surface area contributed by atoms with Crippen LogP contribution in [0, 0.1) is 52.3 Å². The molecule has 13 nitrogen and oxygen atoms in total. The zero-order chi connectivity index (χ0) is 36.3. The number of fused-ring (bicyclic) bond motifs is 5. The maximum atomic E-state index is 12.7. The molecule has 0 spiro atoms. The van der Waals surface area contributed by atoms with Crippen LogP contribution in [-0.4, -0.2) is 117 Å². The van der Waals surface area contributed by atoms with E-state index in [4.69, 9.17) is 9.47 Å². The molecule has 0 unspecified atom stereocenters. The van der Waals surface area contributed by atoms with Gasteiger partial charge in [0, 0.05) is 24.8 Å². The molecule has 1 heterocycles. The third-order valence-electron chi connectivity index (χ3n) is 13.7. The third-order valence-corrected chi connectivity index (χ3v) is 14.4. The summed E-state index contributed by atoms with van der Waals surface area (Å²) in [4.78, 5) is 12.6. The van der Waals surface area contributed by atoms with E-state index in [0.29, 0.717) is 25.7 Å². The van der Waals surface area contributed by atoms with Crippen molar-refractivity contribution < 1.29 is 57.9 Å². The van der Waals surface area contributed by atoms with Crippen molar-refractivity contribution in [3.05, 3.63) is 12.2 Å². The molecule has 1 amide bonds. The average molecular weight is 717 g/mol. The Bertz CT molecular complexity index is 1330. The Hall–Kier alpha value is -1.20. The van der Waals surface area contributed by atoms with Crippen LogP contribution in [0.5, 0.6) is 0 Å². The molecule has 282 valence electrons. The first-order valence-corrected chi connectivity index (χ1v) is 19.6. The number of nitrogens with one attached hydrogen (secondary N) is 1. The first-order valence-electron chi connectivity index (χ1n) is 18.0. The number of aliphatic hydroxyl groups is 6. The maximum absolute atomic E-state index is 12.7. The lowest BCUT2D eigenvalue weighted by molar-refractivity contribution is -0.300. The van der Waals surface area contributed by atoms with Gasteiger partial charge in [-0.3, -0.25) is 4.79 Å². The Morgan fingerprint density at radius 2 is 1.65 bits per heavy atom. The van der Waals surface area contributed by atoms with Crippen LogP contribution in [0.3, 0.4) is 0 Å². The summed E-state index contributed by atoms with van der Waals surface area (Å²) in [5.41, 5.74) is -2.08. The van der Waals surface area contributed by atoms with Crippen molar-refractivity contribution in [1.82, 2.24) is 5.32 Å². The first kappa shape index (κ1) is 39.0. The summed E-state index contributed by atoms with van der Waals surface area (Å²) in [7, 11) is -4.41. The highest BCUT2D eigenvalue weighted by Gasteiger charge is 2.70. The highest BCUT2D eigenvalue weighted by Crippen LogP contribution is 2.69. The van der Waals surface area contributed by atoms with Gasteiger partial charge in [0.05, 0.1) is 46.4 Å². The predicted molar refractivity (Wildman–Crippen MR) is 176 cm³/mol. The number of aliphatic hydroxyl groups excluding tert-OH is 5. The Labute approximate surface area is 290 Å². The summed E-state index contributed by atoms with van der Waals surface area (Å²) in [6.07, 6.45) is 1.05. The molecular formula is C35H58NO12S-. The molecule has 0 bridgehead atoms. The highest BCUT2D eigenvalue weighted by atomic mass is 32.2. The zero-order valence-corrected chi connectivity index (χ0v) is 30.2. The van der Waals surface area contributed by atoms with E-state index in [1.807, 2.05) is 13.0 Å². The molecular weight excluding hydrogens is 658 g/mol. The number of amides is 1. The number of rotatable bonds is 10. The second-order valence-corrected chi connectivity index (χ2v) is 18.1. The third kappa shape index (κ3) is 7.38. The van der Waals surface area contributed by atoms with Crippen molar-refractivity contribution in [2.75, 3.05) is 18.9 Å². The number of hydrogen-bond donors (Lipinski definition) is 7. The van der Waals surface area contributed by atoms with Gasteiger partial charge in [-0.2, -0.15) is 0 Å². The fourth-order valence-electron chi connectivity index (χ4n) is 10.9. The van der Waals surface area contributed by atoms with Crippen LogP contribution < -0.4 is 5.32 Å². The summed E-state index contributed by atoms with van der Waals surface area (Å²) in [6.45, 7) is 9.66. The number of carbonyl (C=O) groups is 1. The van der Waals surface area contributed by atoms with E-state index in [0.717, 1.165) is 12.8 Å². The Balaban J connectivity index is 1.25. The molecule has 49 heavy (non-hydrogen) atoms. The van der Waals surface area contributed by atoms with Gasteiger partial charge in [0.15, 0.2) is 6.29 Å². The predicted octanol–water partition coefficient (Wildman–Crippen LogP) is 0.652. The van der Waals surface area contributed by atoms with Crippen molar-refractivity contribution in [3.63, 3.8) is 0 Å². The fraction of sp³-hybridized carbons (Fsp3) is 0.914. The van der Waals surface area contributed by atoms with Gasteiger partial charge in [-0.15, -0.1) is 0 Å². The molecule has 0 aromatic heterocycles. The quantitative estimate of drug-likeness (QED) is 0.0940. The lowest BCUT2D eigenvalue weighted by Crippen LogP contribution is -2.68. The molecule has 1 aliphatic heterocycles. The second-order valence-electron chi connectivity index (χ2n) is 16.6. The largest absolute Gasteiger partial charge is 0.748 e. The number of carbonyl (C=O) groups excluding carboxylic acids is 1. The van der Waals surface area contributed by atoms with E-state index in [1.165, 1.54) is 0 Å². The summed E-state index contributed by atoms with van der Waals surface area (Å²) in [5.74, 6) is -2.30. The van der Waals surface area contributed by atoms with Gasteiger partial charge in [0.2, 0.25) is 5.91 Å². The second kappa shape index (κ2) is 14.3. The van der Waals surface area contributed by atoms with Crippen LogP contribution in [-0.2, 0) is 24.4 Å². The minimum absolute atomic E-state index is 0.0227. The van der Waals surface area contributed by atoms with Gasteiger partial charge in [0.1, 0.15) is 18.3 Å². The average Bonchev–Trinajstić information content (AvgIpc) is 3.30. The van der Waals surface area contributed by atoms with Crippen molar-refractivity contribution in [1.29, 1.82) is 0 Å². The van der Waals surface area contributed by atoms with E-state index in [9.17, 15) is 48.4 Å². The Morgan fingerprint density at radius 3 is 2.33 bits per heavy atom. The molecule has 0 aromatic carbocycles. The van der Waals surface area contributed by atoms with E-state index < -0.39 is 80.9 Å². The standard InChI is InChI=1S/C35H59NO12S/c1-18(20(3)31(42)36-12-13-49(44,45)46)6-7-19(2)22-15-24(37)30-34(22,5)11-9-27-33(4)10-8-21(14-23(33)25(38)16-35(27,30)43)48-32-29(41)28(40)26(39)17-47-32/h6-7,18-30,32,37-41,43H,8-17H2,1-5H3,(H,36,42)(H,44,45,46)/p-1/b7-6+/t18-,19-,20+,21+,22-,23-,24-,25+,26-,27-,28+,29-,30-,32+,33+,34-,35+/m1/s1. The number of allylic oxidation sites excluding steroid dienone is 2. The fourth-order valence-corrected chi connectivity index (χ4v) is 11.2. The maximum Gasteiger partial charge on any atom is 0.223 e. The van der Waals surface area contributed by atoms with E-state index >= 15 is 0 Å². The SMILES string of the molecule is C[C@H](/C=C/[C@@H](C)[C@H]1C[C@@H](O)[C@@H]2[C@]1(C)CC[C@@H]1[C@@]3(C)CC[C@H](O[C@@H]4OC[C@@H](O)[C@H](O)[C@H]4O)C[C@@H]3[C@@H](O)C[C@]12O)[C@H](C)C(=O)NCCS(=O)(=O)[O-]. The smallest absolute Gasteiger partial charge is 0.223 e. The number of hydrogen-bond acceptors (Lipinski definition) is 12. The van der Waals surface area contributed by atoms with E-state index in [-0.39, 0.29) is 61.2 Å². The van der Waals surface area contributed by atoms with Crippen LogP contribution >= 0.6 is 0 Å². The van der Waals surface area contributed by atoms with Crippen LogP contribution in [0.1, 0.15) is 79.6 Å². The molecule has 4 aliphatic carbocycles. The molecule has 5 aliphatic rings. The zero-order valence-electron chi connectivity index (χ0n) is 29.3. The summed E-state index contributed by atoms with van der Waals surface area (Å²) < 4.78 is 44.2. The molecule has 5 rings (SSSR count). The molecule has 4 saturated carbocycles. The van der Waals surface area contributed by atoms with Crippen molar-refractivity contribution in [2.24, 2.45) is 52.3 Å². The van der Waals surface area contributed by atoms with Gasteiger partial charge < -0.3 is 50.0 Å². The van der Waals surface area contributed by atoms with Crippen LogP contribution in [0.2, 0.25) is 0 Å². The van der Waals surface area contributed by atoms with Crippen molar-refractivity contribution in [3.8, 4) is 0 Å².